The van der Waals surface area contributed by atoms with Crippen LogP contribution in [0, 0.1) is 12.8 Å². The number of likely N-dealkylation sites (tertiary alicyclic amines) is 1. The van der Waals surface area contributed by atoms with Crippen LogP contribution in [0.15, 0.2) is 6.07 Å². The van der Waals surface area contributed by atoms with Gasteiger partial charge >= 0.3 is 5.97 Å². The van der Waals surface area contributed by atoms with Crippen LogP contribution < -0.4 is 0 Å². The highest BCUT2D eigenvalue weighted by atomic mass is 16.4. The van der Waals surface area contributed by atoms with Crippen molar-refractivity contribution < 1.29 is 14.7 Å². The zero-order valence-corrected chi connectivity index (χ0v) is 11.8. The first-order valence-electron chi connectivity index (χ1n) is 6.88. The van der Waals surface area contributed by atoms with Gasteiger partial charge in [0, 0.05) is 13.1 Å². The Morgan fingerprint density at radius 3 is 2.55 bits per heavy atom. The quantitative estimate of drug-likeness (QED) is 0.900. The zero-order chi connectivity index (χ0) is 14.7. The summed E-state index contributed by atoms with van der Waals surface area (Å²) >= 11 is 0. The van der Waals surface area contributed by atoms with Gasteiger partial charge in [-0.15, -0.1) is 0 Å². The second-order valence-electron chi connectivity index (χ2n) is 5.10. The number of hydrogen-bond donors (Lipinski definition) is 1. The molecule has 1 aromatic rings. The number of carbonyl (C=O) groups is 2. The summed E-state index contributed by atoms with van der Waals surface area (Å²) in [6.45, 7) is 4.72. The third-order valence-corrected chi connectivity index (χ3v) is 3.69. The van der Waals surface area contributed by atoms with Crippen LogP contribution in [0.25, 0.3) is 0 Å². The van der Waals surface area contributed by atoms with E-state index in [9.17, 15) is 9.59 Å². The topological polar surface area (TPSA) is 83.4 Å². The van der Waals surface area contributed by atoms with Crippen LogP contribution in [0.2, 0.25) is 0 Å². The molecule has 1 N–H and O–H groups in total. The Morgan fingerprint density at radius 2 is 2.00 bits per heavy atom. The van der Waals surface area contributed by atoms with Crippen molar-refractivity contribution in [2.24, 2.45) is 5.92 Å². The standard InChI is InChI=1S/C14H19N3O3/c1-3-12-11(8-9(2)15-16-12)13(18)17-6-4-10(5-7-17)14(19)20/h8,10H,3-7H2,1-2H3,(H,19,20). The van der Waals surface area contributed by atoms with Crippen LogP contribution in [0.4, 0.5) is 0 Å². The summed E-state index contributed by atoms with van der Waals surface area (Å²) in [6.07, 6.45) is 1.68. The van der Waals surface area contributed by atoms with Gasteiger partial charge in [0.05, 0.1) is 22.9 Å². The maximum atomic E-state index is 12.5. The number of nitrogens with zero attached hydrogens (tertiary/aromatic N) is 3. The number of piperidine rings is 1. The Bertz CT molecular complexity index is 522. The van der Waals surface area contributed by atoms with E-state index in [0.717, 1.165) is 0 Å². The number of carboxylic acid groups (broad SMARTS) is 1. The molecule has 0 bridgehead atoms. The third-order valence-electron chi connectivity index (χ3n) is 3.69. The molecule has 1 aromatic heterocycles. The van der Waals surface area contributed by atoms with E-state index >= 15 is 0 Å². The van der Waals surface area contributed by atoms with E-state index in [1.54, 1.807) is 17.9 Å². The smallest absolute Gasteiger partial charge is 0.306 e. The van der Waals surface area contributed by atoms with Crippen molar-refractivity contribution in [3.05, 3.63) is 23.0 Å². The zero-order valence-electron chi connectivity index (χ0n) is 11.8. The Morgan fingerprint density at radius 1 is 1.35 bits per heavy atom. The number of aliphatic carboxylic acids is 1. The summed E-state index contributed by atoms with van der Waals surface area (Å²) in [4.78, 5) is 25.2. The summed E-state index contributed by atoms with van der Waals surface area (Å²) < 4.78 is 0. The summed E-state index contributed by atoms with van der Waals surface area (Å²) in [7, 11) is 0. The molecule has 0 spiro atoms. The molecule has 1 aliphatic rings. The summed E-state index contributed by atoms with van der Waals surface area (Å²) in [5.74, 6) is -1.17. The van der Waals surface area contributed by atoms with Gasteiger partial charge in [0.2, 0.25) is 0 Å². The average molecular weight is 277 g/mol. The summed E-state index contributed by atoms with van der Waals surface area (Å²) in [5, 5.41) is 17.0. The van der Waals surface area contributed by atoms with Crippen LogP contribution in [-0.2, 0) is 11.2 Å². The fourth-order valence-corrected chi connectivity index (χ4v) is 2.46. The van der Waals surface area contributed by atoms with Gasteiger partial charge in [0.1, 0.15) is 0 Å². The second-order valence-corrected chi connectivity index (χ2v) is 5.10. The van der Waals surface area contributed by atoms with E-state index in [0.29, 0.717) is 49.3 Å². The molecule has 108 valence electrons. The predicted octanol–water partition coefficient (Wildman–Crippen LogP) is 1.28. The normalized spacial score (nSPS) is 16.2. The lowest BCUT2D eigenvalue weighted by atomic mass is 9.96. The predicted molar refractivity (Wildman–Crippen MR) is 72.4 cm³/mol. The molecule has 0 saturated carbocycles. The molecule has 2 rings (SSSR count). The lowest BCUT2D eigenvalue weighted by Crippen LogP contribution is -2.40. The van der Waals surface area contributed by atoms with Crippen molar-refractivity contribution in [2.75, 3.05) is 13.1 Å². The van der Waals surface area contributed by atoms with Crippen LogP contribution in [-0.4, -0.2) is 45.2 Å². The lowest BCUT2D eigenvalue weighted by Gasteiger charge is -2.30. The van der Waals surface area contributed by atoms with E-state index in [1.807, 2.05) is 6.92 Å². The maximum absolute atomic E-state index is 12.5. The Labute approximate surface area is 117 Å². The molecule has 6 nitrogen and oxygen atoms in total. The molecule has 0 unspecified atom stereocenters. The highest BCUT2D eigenvalue weighted by Gasteiger charge is 2.28. The number of amides is 1. The Kier molecular flexibility index (Phi) is 4.32. The van der Waals surface area contributed by atoms with Crippen LogP contribution in [0.5, 0.6) is 0 Å². The van der Waals surface area contributed by atoms with Crippen LogP contribution >= 0.6 is 0 Å². The van der Waals surface area contributed by atoms with E-state index in [4.69, 9.17) is 5.11 Å². The fourth-order valence-electron chi connectivity index (χ4n) is 2.46. The second kappa shape index (κ2) is 5.98. The number of aromatic nitrogens is 2. The average Bonchev–Trinajstić information content (AvgIpc) is 2.46. The van der Waals surface area contributed by atoms with Crippen molar-refractivity contribution in [1.29, 1.82) is 0 Å². The van der Waals surface area contributed by atoms with Crippen LogP contribution in [0.3, 0.4) is 0 Å². The van der Waals surface area contributed by atoms with E-state index in [-0.39, 0.29) is 11.8 Å². The van der Waals surface area contributed by atoms with Crippen molar-refractivity contribution in [1.82, 2.24) is 15.1 Å². The number of carboxylic acids is 1. The molecule has 0 aromatic carbocycles. The molecular weight excluding hydrogens is 258 g/mol. The lowest BCUT2D eigenvalue weighted by molar-refractivity contribution is -0.143. The first kappa shape index (κ1) is 14.4. The van der Waals surface area contributed by atoms with Crippen molar-refractivity contribution in [2.45, 2.75) is 33.1 Å². The molecule has 1 amide bonds. The van der Waals surface area contributed by atoms with Crippen molar-refractivity contribution in [3.8, 4) is 0 Å². The molecule has 1 fully saturated rings. The highest BCUT2D eigenvalue weighted by molar-refractivity contribution is 5.95. The molecule has 6 heteroatoms. The summed E-state index contributed by atoms with van der Waals surface area (Å²) in [6, 6.07) is 1.76. The largest absolute Gasteiger partial charge is 0.481 e. The molecule has 2 heterocycles. The van der Waals surface area contributed by atoms with Crippen LogP contribution in [0.1, 0.15) is 41.5 Å². The van der Waals surface area contributed by atoms with Gasteiger partial charge < -0.3 is 10.0 Å². The molecule has 20 heavy (non-hydrogen) atoms. The van der Waals surface area contributed by atoms with Gasteiger partial charge in [-0.05, 0) is 32.3 Å². The minimum absolute atomic E-state index is 0.0660. The van der Waals surface area contributed by atoms with Gasteiger partial charge in [0.25, 0.3) is 5.91 Å². The van der Waals surface area contributed by atoms with Gasteiger partial charge in [0.15, 0.2) is 0 Å². The van der Waals surface area contributed by atoms with Gasteiger partial charge in [-0.2, -0.15) is 10.2 Å². The van der Waals surface area contributed by atoms with Crippen molar-refractivity contribution in [3.63, 3.8) is 0 Å². The minimum Gasteiger partial charge on any atom is -0.481 e. The molecule has 0 atom stereocenters. The first-order chi connectivity index (χ1) is 9.52. The summed E-state index contributed by atoms with van der Waals surface area (Å²) in [5.41, 5.74) is 2.00. The molecular formula is C14H19N3O3. The number of rotatable bonds is 3. The molecule has 0 radical (unpaired) electrons. The number of aryl methyl sites for hydroxylation is 2. The molecule has 1 saturated heterocycles. The minimum atomic E-state index is -0.771. The van der Waals surface area contributed by atoms with Gasteiger partial charge in [-0.25, -0.2) is 0 Å². The maximum Gasteiger partial charge on any atom is 0.306 e. The van der Waals surface area contributed by atoms with E-state index in [1.165, 1.54) is 0 Å². The monoisotopic (exact) mass is 277 g/mol. The van der Waals surface area contributed by atoms with E-state index in [2.05, 4.69) is 10.2 Å². The highest BCUT2D eigenvalue weighted by Crippen LogP contribution is 2.20. The molecule has 0 aliphatic carbocycles. The SMILES string of the molecule is CCc1nnc(C)cc1C(=O)N1CCC(C(=O)O)CC1. The Hall–Kier alpha value is -1.98. The van der Waals surface area contributed by atoms with Gasteiger partial charge in [-0.1, -0.05) is 6.92 Å². The van der Waals surface area contributed by atoms with E-state index < -0.39 is 5.97 Å². The molecule has 1 aliphatic heterocycles. The third kappa shape index (κ3) is 2.95. The fraction of sp³-hybridized carbons (Fsp3) is 0.571. The Balaban J connectivity index is 2.13. The number of hydrogen-bond acceptors (Lipinski definition) is 4. The number of carbonyl (C=O) groups excluding carboxylic acids is 1. The van der Waals surface area contributed by atoms with Crippen molar-refractivity contribution >= 4 is 11.9 Å². The first-order valence-corrected chi connectivity index (χ1v) is 6.88. The van der Waals surface area contributed by atoms with Gasteiger partial charge in [-0.3, -0.25) is 9.59 Å².